The lowest BCUT2D eigenvalue weighted by Gasteiger charge is -2.33. The van der Waals surface area contributed by atoms with Crippen LogP contribution in [0.5, 0.6) is 17.2 Å². The van der Waals surface area contributed by atoms with E-state index in [1.165, 1.54) is 14.2 Å². The number of hydrogen-bond donors (Lipinski definition) is 1. The number of hydrogen-bond acceptors (Lipinski definition) is 7. The van der Waals surface area contributed by atoms with Crippen molar-refractivity contribution in [2.24, 2.45) is 0 Å². The summed E-state index contributed by atoms with van der Waals surface area (Å²) in [6.07, 6.45) is 2.34. The Morgan fingerprint density at radius 1 is 1.04 bits per heavy atom. The fourth-order valence-electron chi connectivity index (χ4n) is 2.89. The largest absolute Gasteiger partial charge is 0.496 e. The van der Waals surface area contributed by atoms with E-state index in [9.17, 15) is 9.59 Å². The summed E-state index contributed by atoms with van der Waals surface area (Å²) in [5.74, 6) is 1.40. The van der Waals surface area contributed by atoms with E-state index in [4.69, 9.17) is 14.2 Å². The molecule has 0 bridgehead atoms. The van der Waals surface area contributed by atoms with Crippen molar-refractivity contribution in [1.82, 2.24) is 9.80 Å². The Bertz CT molecular complexity index is 590. The SMILES string of the molecule is COc1cc(OC)c(NC(=O)CN2CCN(CC[C]=O)CC2)c(OC)c1. The smallest absolute Gasteiger partial charge is 0.238 e. The highest BCUT2D eigenvalue weighted by molar-refractivity contribution is 5.95. The average Bonchev–Trinajstić information content (AvgIpc) is 2.67. The number of carbonyl (C=O) groups excluding carboxylic acids is 2. The van der Waals surface area contributed by atoms with Gasteiger partial charge in [-0.05, 0) is 0 Å². The number of amides is 1. The van der Waals surface area contributed by atoms with E-state index in [-0.39, 0.29) is 12.5 Å². The normalized spacial score (nSPS) is 15.3. The van der Waals surface area contributed by atoms with Crippen molar-refractivity contribution in [2.75, 3.05) is 65.9 Å². The molecule has 1 heterocycles. The van der Waals surface area contributed by atoms with E-state index < -0.39 is 0 Å². The van der Waals surface area contributed by atoms with E-state index in [2.05, 4.69) is 15.1 Å². The molecule has 0 atom stereocenters. The van der Waals surface area contributed by atoms with Crippen LogP contribution in [0.15, 0.2) is 12.1 Å². The van der Waals surface area contributed by atoms with Gasteiger partial charge < -0.3 is 24.4 Å². The molecule has 0 unspecified atom stereocenters. The minimum Gasteiger partial charge on any atom is -0.496 e. The lowest BCUT2D eigenvalue weighted by molar-refractivity contribution is -0.117. The fraction of sp³-hybridized carbons (Fsp3) is 0.556. The zero-order chi connectivity index (χ0) is 18.9. The van der Waals surface area contributed by atoms with E-state index in [0.29, 0.717) is 29.4 Å². The van der Waals surface area contributed by atoms with Crippen LogP contribution < -0.4 is 19.5 Å². The van der Waals surface area contributed by atoms with Gasteiger partial charge in [0, 0.05) is 51.3 Å². The maximum atomic E-state index is 12.5. The molecule has 2 rings (SSSR count). The Kier molecular flexibility index (Phi) is 7.68. The van der Waals surface area contributed by atoms with Crippen molar-refractivity contribution in [3.8, 4) is 17.2 Å². The third kappa shape index (κ3) is 5.34. The molecule has 1 aliphatic heterocycles. The number of rotatable bonds is 9. The summed E-state index contributed by atoms with van der Waals surface area (Å²) in [7, 11) is 4.61. The summed E-state index contributed by atoms with van der Waals surface area (Å²) in [6, 6.07) is 3.39. The topological polar surface area (TPSA) is 80.3 Å². The molecule has 1 aromatic carbocycles. The highest BCUT2D eigenvalue weighted by Gasteiger charge is 2.21. The Balaban J connectivity index is 1.95. The highest BCUT2D eigenvalue weighted by atomic mass is 16.5. The molecule has 1 amide bonds. The molecule has 1 aromatic rings. The Hall–Kier alpha value is -2.32. The van der Waals surface area contributed by atoms with Gasteiger partial charge in [-0.15, -0.1) is 0 Å². The molecule has 143 valence electrons. The first-order valence-corrected chi connectivity index (χ1v) is 8.50. The van der Waals surface area contributed by atoms with Gasteiger partial charge in [0.15, 0.2) is 6.29 Å². The molecule has 1 N–H and O–H groups in total. The predicted octanol–water partition coefficient (Wildman–Crippen LogP) is 0.768. The lowest BCUT2D eigenvalue weighted by atomic mass is 10.2. The number of anilines is 1. The van der Waals surface area contributed by atoms with Crippen molar-refractivity contribution in [3.63, 3.8) is 0 Å². The molecule has 1 fully saturated rings. The Morgan fingerprint density at radius 2 is 1.62 bits per heavy atom. The van der Waals surface area contributed by atoms with Crippen LogP contribution in [0.1, 0.15) is 6.42 Å². The van der Waals surface area contributed by atoms with Gasteiger partial charge in [0.1, 0.15) is 22.9 Å². The minimum absolute atomic E-state index is 0.138. The van der Waals surface area contributed by atoms with Gasteiger partial charge in [0.25, 0.3) is 0 Å². The van der Waals surface area contributed by atoms with Crippen LogP contribution in [0.3, 0.4) is 0 Å². The summed E-state index contributed by atoms with van der Waals surface area (Å²) in [5, 5.41) is 2.87. The molecular formula is C18H26N3O5. The number of methoxy groups -OCH3 is 3. The molecule has 1 saturated heterocycles. The standard InChI is InChI=1S/C18H26N3O5/c1-24-14-11-15(25-2)18(16(12-14)26-3)19-17(23)13-21-8-6-20(7-9-21)5-4-10-22/h11-12H,4-9,13H2,1-3H3,(H,19,23). The molecule has 0 spiro atoms. The second-order valence-electron chi connectivity index (χ2n) is 5.97. The summed E-state index contributed by atoms with van der Waals surface area (Å²) >= 11 is 0. The molecule has 8 nitrogen and oxygen atoms in total. The van der Waals surface area contributed by atoms with Crippen LogP contribution in [-0.2, 0) is 9.59 Å². The van der Waals surface area contributed by atoms with Crippen molar-refractivity contribution in [3.05, 3.63) is 12.1 Å². The zero-order valence-electron chi connectivity index (χ0n) is 15.5. The van der Waals surface area contributed by atoms with E-state index in [0.717, 1.165) is 32.7 Å². The van der Waals surface area contributed by atoms with Crippen LogP contribution >= 0.6 is 0 Å². The second kappa shape index (κ2) is 9.98. The maximum Gasteiger partial charge on any atom is 0.238 e. The van der Waals surface area contributed by atoms with Crippen molar-refractivity contribution >= 4 is 17.9 Å². The number of benzene rings is 1. The average molecular weight is 364 g/mol. The number of nitrogens with one attached hydrogen (secondary N) is 1. The van der Waals surface area contributed by atoms with E-state index in [1.54, 1.807) is 19.2 Å². The third-order valence-electron chi connectivity index (χ3n) is 4.34. The van der Waals surface area contributed by atoms with Crippen LogP contribution in [-0.4, -0.2) is 82.6 Å². The van der Waals surface area contributed by atoms with E-state index >= 15 is 0 Å². The summed E-state index contributed by atoms with van der Waals surface area (Å²) in [5.41, 5.74) is 0.487. The molecule has 26 heavy (non-hydrogen) atoms. The lowest BCUT2D eigenvalue weighted by Crippen LogP contribution is -2.48. The van der Waals surface area contributed by atoms with Gasteiger partial charge in [-0.2, -0.15) is 0 Å². The first-order chi connectivity index (χ1) is 12.6. The number of piperazine rings is 1. The summed E-state index contributed by atoms with van der Waals surface area (Å²) in [4.78, 5) is 27.1. The number of nitrogens with zero attached hydrogens (tertiary/aromatic N) is 2. The molecule has 0 aliphatic carbocycles. The molecule has 8 heteroatoms. The second-order valence-corrected chi connectivity index (χ2v) is 5.97. The van der Waals surface area contributed by atoms with Gasteiger partial charge in [0.05, 0.1) is 27.9 Å². The molecule has 1 radical (unpaired) electrons. The molecule has 0 aromatic heterocycles. The number of carbonyl (C=O) groups is 1. The fourth-order valence-corrected chi connectivity index (χ4v) is 2.89. The van der Waals surface area contributed by atoms with Crippen molar-refractivity contribution in [2.45, 2.75) is 6.42 Å². The number of ether oxygens (including phenoxy) is 3. The summed E-state index contributed by atoms with van der Waals surface area (Å²) in [6.45, 7) is 4.25. The van der Waals surface area contributed by atoms with Crippen LogP contribution in [0.4, 0.5) is 5.69 Å². The van der Waals surface area contributed by atoms with Crippen LogP contribution in [0, 0.1) is 0 Å². The van der Waals surface area contributed by atoms with Gasteiger partial charge in [-0.1, -0.05) is 0 Å². The molecule has 1 aliphatic rings. The quantitative estimate of drug-likeness (QED) is 0.693. The highest BCUT2D eigenvalue weighted by Crippen LogP contribution is 2.38. The van der Waals surface area contributed by atoms with E-state index in [1.807, 2.05) is 6.29 Å². The van der Waals surface area contributed by atoms with Crippen LogP contribution in [0.25, 0.3) is 0 Å². The van der Waals surface area contributed by atoms with Gasteiger partial charge in [-0.25, -0.2) is 0 Å². The van der Waals surface area contributed by atoms with Crippen molar-refractivity contribution < 1.29 is 23.8 Å². The predicted molar refractivity (Wildman–Crippen MR) is 97.9 cm³/mol. The summed E-state index contributed by atoms with van der Waals surface area (Å²) < 4.78 is 15.9. The zero-order valence-corrected chi connectivity index (χ0v) is 15.5. The molecule has 0 saturated carbocycles. The monoisotopic (exact) mass is 364 g/mol. The first-order valence-electron chi connectivity index (χ1n) is 8.50. The van der Waals surface area contributed by atoms with Gasteiger partial charge in [0.2, 0.25) is 5.91 Å². The van der Waals surface area contributed by atoms with Gasteiger partial charge >= 0.3 is 0 Å². The maximum absolute atomic E-state index is 12.5. The minimum atomic E-state index is -0.138. The van der Waals surface area contributed by atoms with Crippen molar-refractivity contribution in [1.29, 1.82) is 0 Å². The Morgan fingerprint density at radius 3 is 2.12 bits per heavy atom. The Labute approximate surface area is 154 Å². The van der Waals surface area contributed by atoms with Crippen LogP contribution in [0.2, 0.25) is 0 Å². The first kappa shape index (κ1) is 20.0. The van der Waals surface area contributed by atoms with Gasteiger partial charge in [-0.3, -0.25) is 14.5 Å². The molecular weight excluding hydrogens is 338 g/mol. The third-order valence-corrected chi connectivity index (χ3v) is 4.34.